The van der Waals surface area contributed by atoms with Gasteiger partial charge in [-0.15, -0.1) is 0 Å². The van der Waals surface area contributed by atoms with Crippen LogP contribution in [-0.2, 0) is 37.7 Å². The molecule has 10 heteroatoms. The highest BCUT2D eigenvalue weighted by molar-refractivity contribution is 5.85. The first-order valence-corrected chi connectivity index (χ1v) is 12.5. The van der Waals surface area contributed by atoms with E-state index in [1.165, 1.54) is 0 Å². The van der Waals surface area contributed by atoms with Crippen LogP contribution in [0, 0.1) is 0 Å². The molecule has 0 aliphatic heterocycles. The Morgan fingerprint density at radius 2 is 1.76 bits per heavy atom. The third-order valence-electron chi connectivity index (χ3n) is 6.71. The first-order valence-electron chi connectivity index (χ1n) is 12.5. The lowest BCUT2D eigenvalue weighted by molar-refractivity contribution is 0.183. The zero-order valence-corrected chi connectivity index (χ0v) is 21.2. The van der Waals surface area contributed by atoms with Crippen molar-refractivity contribution in [3.05, 3.63) is 66.5 Å². The Hall–Kier alpha value is -4.31. The Bertz CT molecular complexity index is 1540. The van der Waals surface area contributed by atoms with Gasteiger partial charge in [0.25, 0.3) is 0 Å². The predicted octanol–water partition coefficient (Wildman–Crippen LogP) is 4.11. The molecule has 4 aromatic heterocycles. The molecule has 4 heterocycles. The molecule has 1 aromatic carbocycles. The van der Waals surface area contributed by atoms with Gasteiger partial charge in [0.15, 0.2) is 0 Å². The van der Waals surface area contributed by atoms with Gasteiger partial charge in [0.2, 0.25) is 5.95 Å². The molecule has 0 bridgehead atoms. The Labute approximate surface area is 214 Å². The molecule has 1 aliphatic carbocycles. The van der Waals surface area contributed by atoms with Crippen molar-refractivity contribution in [1.82, 2.24) is 39.3 Å². The maximum Gasteiger partial charge on any atom is 0.227 e. The minimum atomic E-state index is 0.554. The van der Waals surface area contributed by atoms with Gasteiger partial charge in [-0.25, -0.2) is 9.97 Å². The van der Waals surface area contributed by atoms with Crippen molar-refractivity contribution in [3.63, 3.8) is 0 Å². The zero-order valence-electron chi connectivity index (χ0n) is 21.2. The monoisotopic (exact) mass is 495 g/mol. The molecule has 0 fully saturated rings. The molecule has 1 aliphatic rings. The number of nitrogens with zero attached hydrogens (tertiary/aromatic N) is 8. The molecule has 0 unspecified atom stereocenters. The van der Waals surface area contributed by atoms with Gasteiger partial charge in [0.1, 0.15) is 0 Å². The van der Waals surface area contributed by atoms with Gasteiger partial charge in [-0.3, -0.25) is 14.0 Å². The van der Waals surface area contributed by atoms with Gasteiger partial charge in [-0.1, -0.05) is 24.3 Å². The van der Waals surface area contributed by atoms with Crippen LogP contribution in [0.4, 0.5) is 11.6 Å². The van der Waals surface area contributed by atoms with Gasteiger partial charge >= 0.3 is 0 Å². The van der Waals surface area contributed by atoms with Gasteiger partial charge in [0, 0.05) is 56.0 Å². The number of fused-ring (bicyclic) bond motifs is 3. The molecule has 6 rings (SSSR count). The third-order valence-corrected chi connectivity index (χ3v) is 6.71. The summed E-state index contributed by atoms with van der Waals surface area (Å²) in [4.78, 5) is 9.51. The largest absolute Gasteiger partial charge is 0.383 e. The van der Waals surface area contributed by atoms with E-state index in [4.69, 9.17) is 14.8 Å². The Morgan fingerprint density at radius 3 is 2.54 bits per heavy atom. The molecule has 5 aromatic rings. The second kappa shape index (κ2) is 9.62. The van der Waals surface area contributed by atoms with E-state index in [1.54, 1.807) is 13.3 Å². The summed E-state index contributed by atoms with van der Waals surface area (Å²) in [6.45, 7) is 4.23. The van der Waals surface area contributed by atoms with Gasteiger partial charge in [0.05, 0.1) is 48.3 Å². The van der Waals surface area contributed by atoms with Gasteiger partial charge in [-0.2, -0.15) is 15.3 Å². The second-order valence-electron chi connectivity index (χ2n) is 9.13. The summed E-state index contributed by atoms with van der Waals surface area (Å²) >= 11 is 0. The number of nitrogens with one attached hydrogen (secondary N) is 1. The van der Waals surface area contributed by atoms with Crippen molar-refractivity contribution in [3.8, 4) is 33.6 Å². The van der Waals surface area contributed by atoms with Crippen LogP contribution in [0.1, 0.15) is 18.2 Å². The van der Waals surface area contributed by atoms with E-state index in [0.717, 1.165) is 76.5 Å². The van der Waals surface area contributed by atoms with E-state index in [0.29, 0.717) is 12.6 Å². The summed E-state index contributed by atoms with van der Waals surface area (Å²) in [5.74, 6) is 0.554. The number of aromatic nitrogens is 8. The number of methoxy groups -OCH3 is 1. The standard InChI is InChI=1S/C27H29N9O/c1-4-35-17-22(15-30-35)31-27-28-13-20-9-10-23-24(25(20)32-27)26(34(2)33-23)19-7-5-18(6-8-19)21-14-29-36(16-21)11-12-37-3/h5-8,13-17H,4,9-12H2,1-3H3,(H,28,31,32). The normalized spacial score (nSPS) is 12.4. The lowest BCUT2D eigenvalue weighted by Crippen LogP contribution is -2.08. The smallest absolute Gasteiger partial charge is 0.227 e. The van der Waals surface area contributed by atoms with E-state index in [-0.39, 0.29) is 0 Å². The van der Waals surface area contributed by atoms with Crippen LogP contribution in [0.15, 0.2) is 55.2 Å². The molecule has 1 N–H and O–H groups in total. The molecule has 0 radical (unpaired) electrons. The van der Waals surface area contributed by atoms with Crippen molar-refractivity contribution in [2.75, 3.05) is 19.0 Å². The molecule has 0 saturated carbocycles. The molecular weight excluding hydrogens is 466 g/mol. The molecule has 0 saturated heterocycles. The van der Waals surface area contributed by atoms with E-state index in [9.17, 15) is 0 Å². The van der Waals surface area contributed by atoms with Gasteiger partial charge < -0.3 is 10.1 Å². The summed E-state index contributed by atoms with van der Waals surface area (Å²) in [6.07, 6.45) is 11.4. The summed E-state index contributed by atoms with van der Waals surface area (Å²) in [5, 5.41) is 16.9. The maximum atomic E-state index is 5.16. The number of benzene rings is 1. The first-order chi connectivity index (χ1) is 18.1. The van der Waals surface area contributed by atoms with E-state index >= 15 is 0 Å². The van der Waals surface area contributed by atoms with Crippen molar-refractivity contribution < 1.29 is 4.74 Å². The quantitative estimate of drug-likeness (QED) is 0.346. The number of rotatable bonds is 8. The second-order valence-corrected chi connectivity index (χ2v) is 9.13. The molecular formula is C27H29N9O. The van der Waals surface area contributed by atoms with Crippen LogP contribution in [0.5, 0.6) is 0 Å². The van der Waals surface area contributed by atoms with Crippen LogP contribution >= 0.6 is 0 Å². The lowest BCUT2D eigenvalue weighted by Gasteiger charge is -2.17. The third kappa shape index (κ3) is 4.40. The van der Waals surface area contributed by atoms with Crippen molar-refractivity contribution >= 4 is 11.6 Å². The van der Waals surface area contributed by atoms with Crippen molar-refractivity contribution in [2.45, 2.75) is 32.9 Å². The molecule has 10 nitrogen and oxygen atoms in total. The minimum Gasteiger partial charge on any atom is -0.383 e. The number of aryl methyl sites for hydroxylation is 4. The zero-order chi connectivity index (χ0) is 25.4. The minimum absolute atomic E-state index is 0.554. The lowest BCUT2D eigenvalue weighted by atomic mass is 9.91. The fourth-order valence-corrected chi connectivity index (χ4v) is 4.82. The van der Waals surface area contributed by atoms with Crippen molar-refractivity contribution in [1.29, 1.82) is 0 Å². The Kier molecular flexibility index (Phi) is 6.01. The molecule has 0 atom stereocenters. The van der Waals surface area contributed by atoms with Crippen LogP contribution in [0.25, 0.3) is 33.6 Å². The fraction of sp³-hybridized carbons (Fsp3) is 0.296. The van der Waals surface area contributed by atoms with E-state index in [2.05, 4.69) is 51.7 Å². The van der Waals surface area contributed by atoms with Crippen LogP contribution in [-0.4, -0.2) is 53.0 Å². The Balaban J connectivity index is 1.33. The van der Waals surface area contributed by atoms with E-state index in [1.807, 2.05) is 45.9 Å². The van der Waals surface area contributed by atoms with Crippen LogP contribution in [0.3, 0.4) is 0 Å². The van der Waals surface area contributed by atoms with Crippen LogP contribution < -0.4 is 5.32 Å². The fourth-order valence-electron chi connectivity index (χ4n) is 4.82. The first kappa shape index (κ1) is 23.1. The highest BCUT2D eigenvalue weighted by Gasteiger charge is 2.27. The average molecular weight is 496 g/mol. The Morgan fingerprint density at radius 1 is 0.946 bits per heavy atom. The molecule has 37 heavy (non-hydrogen) atoms. The summed E-state index contributed by atoms with van der Waals surface area (Å²) in [6, 6.07) is 8.56. The van der Waals surface area contributed by atoms with Crippen molar-refractivity contribution in [2.24, 2.45) is 7.05 Å². The number of anilines is 2. The number of hydrogen-bond donors (Lipinski definition) is 1. The SMILES string of the molecule is CCn1cc(Nc2ncc3c(n2)-c2c(nn(C)c2-c2ccc(-c4cnn(CCOC)c4)cc2)CC3)cn1. The highest BCUT2D eigenvalue weighted by Crippen LogP contribution is 2.40. The van der Waals surface area contributed by atoms with Crippen LogP contribution in [0.2, 0.25) is 0 Å². The average Bonchev–Trinajstić information content (AvgIpc) is 3.66. The molecule has 188 valence electrons. The molecule has 0 spiro atoms. The topological polar surface area (TPSA) is 100 Å². The number of hydrogen-bond acceptors (Lipinski definition) is 7. The summed E-state index contributed by atoms with van der Waals surface area (Å²) < 4.78 is 10.9. The predicted molar refractivity (Wildman–Crippen MR) is 141 cm³/mol. The molecule has 0 amide bonds. The van der Waals surface area contributed by atoms with E-state index < -0.39 is 0 Å². The number of ether oxygens (including phenoxy) is 1. The summed E-state index contributed by atoms with van der Waals surface area (Å²) in [7, 11) is 3.70. The highest BCUT2D eigenvalue weighted by atomic mass is 16.5. The summed E-state index contributed by atoms with van der Waals surface area (Å²) in [5.41, 5.74) is 9.43. The maximum absolute atomic E-state index is 5.16. The van der Waals surface area contributed by atoms with Gasteiger partial charge in [-0.05, 0) is 30.9 Å².